The third-order valence-corrected chi connectivity index (χ3v) is 7.16. The first-order valence-corrected chi connectivity index (χ1v) is 12.5. The molecule has 0 heterocycles. The third-order valence-electron chi connectivity index (χ3n) is 7.16. The number of amides is 2. The summed E-state index contributed by atoms with van der Waals surface area (Å²) in [7, 11) is 5.49. The standard InChI is InChI=1S/C26H52N2O4/c1-11-20(6)25(28(8)24(30)15-18(2)3)23(31-9)16-22(13-12-14-27-17-29)26(32-10)21(7)19(4)5/h17-23,25-26H,11-16H2,1-10H3,(H,27,29). The van der Waals surface area contributed by atoms with Gasteiger partial charge in [0, 0.05) is 34.2 Å². The fraction of sp³-hybridized carbons (Fsp3) is 0.923. The summed E-state index contributed by atoms with van der Waals surface area (Å²) in [6, 6.07) is 0.0127. The summed E-state index contributed by atoms with van der Waals surface area (Å²) >= 11 is 0. The normalized spacial score (nSPS) is 17.5. The summed E-state index contributed by atoms with van der Waals surface area (Å²) in [5.41, 5.74) is 0. The molecule has 0 rings (SSSR count). The Kier molecular flexibility index (Phi) is 15.9. The van der Waals surface area contributed by atoms with Crippen molar-refractivity contribution in [2.75, 3.05) is 27.8 Å². The first kappa shape index (κ1) is 30.9. The van der Waals surface area contributed by atoms with Gasteiger partial charge in [0.15, 0.2) is 0 Å². The quantitative estimate of drug-likeness (QED) is 0.238. The maximum absolute atomic E-state index is 13.0. The van der Waals surface area contributed by atoms with Crippen molar-refractivity contribution in [1.29, 1.82) is 0 Å². The molecule has 190 valence electrons. The molecule has 0 saturated heterocycles. The van der Waals surface area contributed by atoms with Gasteiger partial charge in [-0.2, -0.15) is 0 Å². The number of carbonyl (C=O) groups is 2. The average Bonchev–Trinajstić information content (AvgIpc) is 2.74. The number of nitrogens with zero attached hydrogens (tertiary/aromatic N) is 1. The van der Waals surface area contributed by atoms with Crippen LogP contribution in [-0.4, -0.2) is 63.3 Å². The number of carbonyl (C=O) groups excluding carboxylic acids is 2. The smallest absolute Gasteiger partial charge is 0.222 e. The van der Waals surface area contributed by atoms with E-state index in [2.05, 4.69) is 53.8 Å². The molecule has 2 amide bonds. The van der Waals surface area contributed by atoms with Gasteiger partial charge in [0.25, 0.3) is 0 Å². The lowest BCUT2D eigenvalue weighted by Gasteiger charge is -2.41. The van der Waals surface area contributed by atoms with E-state index in [1.807, 2.05) is 11.9 Å². The molecule has 0 aromatic heterocycles. The van der Waals surface area contributed by atoms with Gasteiger partial charge >= 0.3 is 0 Å². The van der Waals surface area contributed by atoms with Crippen LogP contribution in [0.4, 0.5) is 0 Å². The zero-order valence-corrected chi connectivity index (χ0v) is 22.5. The van der Waals surface area contributed by atoms with E-state index in [1.165, 1.54) is 0 Å². The molecule has 0 bridgehead atoms. The van der Waals surface area contributed by atoms with Crippen molar-refractivity contribution >= 4 is 12.3 Å². The molecule has 1 N–H and O–H groups in total. The lowest BCUT2D eigenvalue weighted by Crippen LogP contribution is -2.50. The Hall–Kier alpha value is -1.14. The van der Waals surface area contributed by atoms with Crippen LogP contribution in [-0.2, 0) is 19.1 Å². The highest BCUT2D eigenvalue weighted by Crippen LogP contribution is 2.33. The number of likely N-dealkylation sites (N-methyl/N-ethyl adjacent to an activating group) is 1. The lowest BCUT2D eigenvalue weighted by molar-refractivity contribution is -0.138. The summed E-state index contributed by atoms with van der Waals surface area (Å²) in [5, 5.41) is 2.78. The van der Waals surface area contributed by atoms with E-state index in [1.54, 1.807) is 14.2 Å². The van der Waals surface area contributed by atoms with Gasteiger partial charge in [0.05, 0.1) is 18.2 Å². The lowest BCUT2D eigenvalue weighted by atomic mass is 9.78. The van der Waals surface area contributed by atoms with Crippen LogP contribution in [0, 0.1) is 29.6 Å². The second kappa shape index (κ2) is 16.5. The molecule has 0 aliphatic rings. The van der Waals surface area contributed by atoms with Gasteiger partial charge in [-0.15, -0.1) is 0 Å². The van der Waals surface area contributed by atoms with Crippen LogP contribution in [0.3, 0.4) is 0 Å². The van der Waals surface area contributed by atoms with Crippen molar-refractivity contribution in [3.8, 4) is 0 Å². The zero-order chi connectivity index (χ0) is 24.8. The first-order valence-electron chi connectivity index (χ1n) is 12.5. The molecule has 6 unspecified atom stereocenters. The Balaban J connectivity index is 5.83. The average molecular weight is 457 g/mol. The predicted molar refractivity (Wildman–Crippen MR) is 132 cm³/mol. The zero-order valence-electron chi connectivity index (χ0n) is 22.5. The van der Waals surface area contributed by atoms with E-state index in [-0.39, 0.29) is 30.1 Å². The molecule has 0 radical (unpaired) electrons. The molecule has 0 aromatic rings. The van der Waals surface area contributed by atoms with Crippen LogP contribution in [0.25, 0.3) is 0 Å². The van der Waals surface area contributed by atoms with Crippen LogP contribution in [0.1, 0.15) is 80.6 Å². The molecular formula is C26H52N2O4. The number of nitrogens with one attached hydrogen (secondary N) is 1. The molecule has 32 heavy (non-hydrogen) atoms. The summed E-state index contributed by atoms with van der Waals surface area (Å²) in [5.74, 6) is 1.99. The molecule has 0 aliphatic carbocycles. The molecular weight excluding hydrogens is 404 g/mol. The number of methoxy groups -OCH3 is 2. The van der Waals surface area contributed by atoms with Crippen molar-refractivity contribution in [3.63, 3.8) is 0 Å². The number of ether oxygens (including phenoxy) is 2. The van der Waals surface area contributed by atoms with E-state index < -0.39 is 0 Å². The van der Waals surface area contributed by atoms with Gasteiger partial charge in [-0.1, -0.05) is 54.9 Å². The molecule has 0 aliphatic heterocycles. The van der Waals surface area contributed by atoms with Gasteiger partial charge < -0.3 is 19.7 Å². The number of hydrogen-bond acceptors (Lipinski definition) is 4. The fourth-order valence-electron chi connectivity index (χ4n) is 4.73. The molecule has 0 fully saturated rings. The molecule has 0 aromatic carbocycles. The topological polar surface area (TPSA) is 67.9 Å². The van der Waals surface area contributed by atoms with Gasteiger partial charge in [0.1, 0.15) is 0 Å². The van der Waals surface area contributed by atoms with Gasteiger partial charge in [-0.05, 0) is 48.9 Å². The molecule has 0 saturated carbocycles. The van der Waals surface area contributed by atoms with Crippen molar-refractivity contribution < 1.29 is 19.1 Å². The molecule has 6 heteroatoms. The second-order valence-corrected chi connectivity index (χ2v) is 10.3. The highest BCUT2D eigenvalue weighted by molar-refractivity contribution is 5.76. The van der Waals surface area contributed by atoms with Gasteiger partial charge in [-0.3, -0.25) is 9.59 Å². The fourth-order valence-corrected chi connectivity index (χ4v) is 4.73. The Morgan fingerprint density at radius 3 is 2.12 bits per heavy atom. The Morgan fingerprint density at radius 2 is 1.69 bits per heavy atom. The summed E-state index contributed by atoms with van der Waals surface area (Å²) in [6.07, 6.45) is 4.95. The van der Waals surface area contributed by atoms with Crippen LogP contribution in [0.2, 0.25) is 0 Å². The van der Waals surface area contributed by atoms with Crippen LogP contribution >= 0.6 is 0 Å². The predicted octanol–water partition coefficient (Wildman–Crippen LogP) is 4.76. The van der Waals surface area contributed by atoms with Crippen molar-refractivity contribution in [2.45, 2.75) is 98.8 Å². The third kappa shape index (κ3) is 10.2. The monoisotopic (exact) mass is 456 g/mol. The maximum atomic E-state index is 13.0. The minimum absolute atomic E-state index is 0.0127. The molecule has 6 nitrogen and oxygen atoms in total. The highest BCUT2D eigenvalue weighted by atomic mass is 16.5. The van der Waals surface area contributed by atoms with Gasteiger partial charge in [-0.25, -0.2) is 0 Å². The van der Waals surface area contributed by atoms with Crippen molar-refractivity contribution in [2.24, 2.45) is 29.6 Å². The van der Waals surface area contributed by atoms with E-state index in [0.29, 0.717) is 36.6 Å². The van der Waals surface area contributed by atoms with E-state index >= 15 is 0 Å². The summed E-state index contributed by atoms with van der Waals surface area (Å²) in [6.45, 7) is 15.9. The van der Waals surface area contributed by atoms with Crippen molar-refractivity contribution in [1.82, 2.24) is 10.2 Å². The summed E-state index contributed by atoms with van der Waals surface area (Å²) in [4.78, 5) is 25.6. The van der Waals surface area contributed by atoms with E-state index in [9.17, 15) is 9.59 Å². The largest absolute Gasteiger partial charge is 0.381 e. The van der Waals surface area contributed by atoms with E-state index in [0.717, 1.165) is 32.1 Å². The minimum atomic E-state index is -0.0768. The highest BCUT2D eigenvalue weighted by Gasteiger charge is 2.37. The Labute approximate surface area is 198 Å². The SMILES string of the molecule is CCC(C)C(C(CC(CCCNC=O)C(OC)C(C)C(C)C)OC)N(C)C(=O)CC(C)C. The molecule has 0 spiro atoms. The first-order chi connectivity index (χ1) is 15.0. The van der Waals surface area contributed by atoms with Crippen LogP contribution in [0.5, 0.6) is 0 Å². The number of hydrogen-bond donors (Lipinski definition) is 1. The van der Waals surface area contributed by atoms with Gasteiger partial charge in [0.2, 0.25) is 12.3 Å². The minimum Gasteiger partial charge on any atom is -0.381 e. The molecule has 6 atom stereocenters. The Bertz CT molecular complexity index is 512. The number of rotatable bonds is 18. The van der Waals surface area contributed by atoms with E-state index in [4.69, 9.17) is 9.47 Å². The van der Waals surface area contributed by atoms with Crippen LogP contribution in [0.15, 0.2) is 0 Å². The maximum Gasteiger partial charge on any atom is 0.222 e. The van der Waals surface area contributed by atoms with Crippen molar-refractivity contribution in [3.05, 3.63) is 0 Å². The summed E-state index contributed by atoms with van der Waals surface area (Å²) < 4.78 is 12.1. The second-order valence-electron chi connectivity index (χ2n) is 10.3. The Morgan fingerprint density at radius 1 is 1.06 bits per heavy atom. The van der Waals surface area contributed by atoms with Crippen LogP contribution < -0.4 is 5.32 Å².